The van der Waals surface area contributed by atoms with Crippen molar-refractivity contribution in [3.05, 3.63) is 83.2 Å². The zero-order valence-corrected chi connectivity index (χ0v) is 19.7. The Morgan fingerprint density at radius 2 is 2.03 bits per heavy atom. The molecule has 1 aromatic carbocycles. The number of benzene rings is 1. The van der Waals surface area contributed by atoms with Crippen LogP contribution in [0.25, 0.3) is 5.69 Å². The maximum absolute atomic E-state index is 14.0. The van der Waals surface area contributed by atoms with Gasteiger partial charge in [0.05, 0.1) is 24.9 Å². The number of aryl methyl sites for hydroxylation is 1. The van der Waals surface area contributed by atoms with Crippen LogP contribution in [0.4, 0.5) is 4.39 Å². The smallest absolute Gasteiger partial charge is 0.305 e. The van der Waals surface area contributed by atoms with E-state index in [0.717, 1.165) is 28.3 Å². The van der Waals surface area contributed by atoms with Crippen LogP contribution < -0.4 is 5.32 Å². The molecule has 0 radical (unpaired) electrons. The second kappa shape index (κ2) is 9.70. The largest absolute Gasteiger partial charge is 0.469 e. The van der Waals surface area contributed by atoms with Crippen LogP contribution in [-0.4, -0.2) is 39.2 Å². The summed E-state index contributed by atoms with van der Waals surface area (Å²) in [5.74, 6) is -0.517. The van der Waals surface area contributed by atoms with Crippen LogP contribution in [0.5, 0.6) is 0 Å². The molecule has 1 aliphatic rings. The number of halogens is 1. The third-order valence-corrected chi connectivity index (χ3v) is 6.41. The van der Waals surface area contributed by atoms with Gasteiger partial charge in [-0.25, -0.2) is 4.39 Å². The molecule has 0 amide bonds. The van der Waals surface area contributed by atoms with Gasteiger partial charge in [-0.15, -0.1) is 0 Å². The predicted molar refractivity (Wildman–Crippen MR) is 129 cm³/mol. The third-order valence-electron chi connectivity index (χ3n) is 6.06. The van der Waals surface area contributed by atoms with Crippen molar-refractivity contribution in [3.8, 4) is 5.69 Å². The zero-order chi connectivity index (χ0) is 23.5. The molecular weight excluding hydrogens is 439 g/mol. The molecule has 0 unspecified atom stereocenters. The van der Waals surface area contributed by atoms with E-state index in [2.05, 4.69) is 25.8 Å². The van der Waals surface area contributed by atoms with E-state index >= 15 is 0 Å². The van der Waals surface area contributed by atoms with E-state index in [1.807, 2.05) is 38.1 Å². The van der Waals surface area contributed by atoms with Crippen molar-refractivity contribution < 1.29 is 13.9 Å². The van der Waals surface area contributed by atoms with Gasteiger partial charge in [0.1, 0.15) is 5.82 Å². The zero-order valence-electron chi connectivity index (χ0n) is 18.9. The van der Waals surface area contributed by atoms with E-state index in [9.17, 15) is 9.18 Å². The van der Waals surface area contributed by atoms with Gasteiger partial charge in [-0.3, -0.25) is 9.78 Å². The number of ether oxygens (including phenoxy) is 1. The predicted octanol–water partition coefficient (Wildman–Crippen LogP) is 4.55. The second-order valence-electron chi connectivity index (χ2n) is 8.14. The number of pyridine rings is 1. The fourth-order valence-electron chi connectivity index (χ4n) is 4.58. The number of thiocarbonyl (C=S) groups is 1. The van der Waals surface area contributed by atoms with Crippen LogP contribution in [0.3, 0.4) is 0 Å². The molecule has 6 nitrogen and oxygen atoms in total. The molecule has 0 saturated carbocycles. The van der Waals surface area contributed by atoms with Crippen molar-refractivity contribution in [1.82, 2.24) is 19.8 Å². The summed E-state index contributed by atoms with van der Waals surface area (Å²) in [6, 6.07) is 14.3. The normalized spacial score (nSPS) is 17.8. The standard InChI is InChI=1S/C25H27FN4O2S/c1-16-14-20(17(2)30(16)19-9-6-8-18(26)15-19)24-23(21-10-4-5-12-27-21)28-25(33)29(24)13-7-11-22(31)32-3/h4-6,8-10,12,14-15,23-24H,7,11,13H2,1-3H3,(H,28,33)/t23-,24-/m1/s1. The average Bonchev–Trinajstić information content (AvgIpc) is 3.29. The van der Waals surface area contributed by atoms with Crippen molar-refractivity contribution in [2.45, 2.75) is 38.8 Å². The Morgan fingerprint density at radius 3 is 2.73 bits per heavy atom. The Morgan fingerprint density at radius 1 is 1.21 bits per heavy atom. The number of nitrogens with zero attached hydrogens (tertiary/aromatic N) is 3. The van der Waals surface area contributed by atoms with Gasteiger partial charge in [-0.1, -0.05) is 12.1 Å². The van der Waals surface area contributed by atoms with Gasteiger partial charge in [-0.2, -0.15) is 0 Å². The summed E-state index contributed by atoms with van der Waals surface area (Å²) in [5, 5.41) is 4.06. The van der Waals surface area contributed by atoms with Gasteiger partial charge in [0, 0.05) is 36.2 Å². The van der Waals surface area contributed by atoms with E-state index < -0.39 is 0 Å². The average molecular weight is 467 g/mol. The number of hydrogen-bond donors (Lipinski definition) is 1. The molecule has 1 aliphatic heterocycles. The van der Waals surface area contributed by atoms with Gasteiger partial charge in [-0.05, 0) is 74.4 Å². The highest BCUT2D eigenvalue weighted by atomic mass is 32.1. The van der Waals surface area contributed by atoms with Crippen LogP contribution in [0.1, 0.15) is 47.6 Å². The number of rotatable bonds is 7. The molecule has 1 fully saturated rings. The first-order valence-corrected chi connectivity index (χ1v) is 11.3. The number of hydrogen-bond acceptors (Lipinski definition) is 4. The van der Waals surface area contributed by atoms with Gasteiger partial charge in [0.2, 0.25) is 0 Å². The molecule has 33 heavy (non-hydrogen) atoms. The molecule has 1 saturated heterocycles. The topological polar surface area (TPSA) is 59.4 Å². The van der Waals surface area contributed by atoms with E-state index in [4.69, 9.17) is 17.0 Å². The molecule has 1 N–H and O–H groups in total. The molecule has 0 aliphatic carbocycles. The summed E-state index contributed by atoms with van der Waals surface area (Å²) < 4.78 is 20.8. The van der Waals surface area contributed by atoms with Crippen LogP contribution in [0.15, 0.2) is 54.7 Å². The van der Waals surface area contributed by atoms with Gasteiger partial charge >= 0.3 is 5.97 Å². The highest BCUT2D eigenvalue weighted by Crippen LogP contribution is 2.41. The first-order valence-electron chi connectivity index (χ1n) is 10.9. The second-order valence-corrected chi connectivity index (χ2v) is 8.53. The Balaban J connectivity index is 1.75. The first kappa shape index (κ1) is 22.9. The SMILES string of the molecule is COC(=O)CCCN1C(=S)N[C@H](c2ccccn2)[C@H]1c1cc(C)n(-c2cccc(F)c2)c1C. The Kier molecular flexibility index (Phi) is 6.74. The fraction of sp³-hybridized carbons (Fsp3) is 0.320. The van der Waals surface area contributed by atoms with Gasteiger partial charge in [0.25, 0.3) is 0 Å². The lowest BCUT2D eigenvalue weighted by Gasteiger charge is -2.28. The lowest BCUT2D eigenvalue weighted by Crippen LogP contribution is -2.31. The van der Waals surface area contributed by atoms with Crippen LogP contribution in [-0.2, 0) is 9.53 Å². The van der Waals surface area contributed by atoms with E-state index in [0.29, 0.717) is 24.5 Å². The molecule has 3 aromatic rings. The Bertz CT molecular complexity index is 1160. The summed E-state index contributed by atoms with van der Waals surface area (Å²) >= 11 is 5.71. The van der Waals surface area contributed by atoms with Crippen LogP contribution in [0, 0.1) is 19.7 Å². The molecule has 0 bridgehead atoms. The van der Waals surface area contributed by atoms with Crippen LogP contribution in [0.2, 0.25) is 0 Å². The lowest BCUT2D eigenvalue weighted by atomic mass is 9.96. The summed E-state index contributed by atoms with van der Waals surface area (Å²) in [4.78, 5) is 18.4. The Labute approximate surface area is 198 Å². The first-order chi connectivity index (χ1) is 15.9. The molecule has 0 spiro atoms. The number of aromatic nitrogens is 2. The minimum absolute atomic E-state index is 0.126. The molecule has 172 valence electrons. The number of methoxy groups -OCH3 is 1. The quantitative estimate of drug-likeness (QED) is 0.407. The number of carbonyl (C=O) groups excluding carboxylic acids is 1. The molecule has 4 rings (SSSR count). The highest BCUT2D eigenvalue weighted by Gasteiger charge is 2.41. The van der Waals surface area contributed by atoms with Crippen molar-refractivity contribution in [1.29, 1.82) is 0 Å². The van der Waals surface area contributed by atoms with Crippen molar-refractivity contribution in [2.75, 3.05) is 13.7 Å². The third kappa shape index (κ3) is 4.61. The lowest BCUT2D eigenvalue weighted by molar-refractivity contribution is -0.140. The summed E-state index contributed by atoms with van der Waals surface area (Å²) in [6.07, 6.45) is 2.70. The maximum Gasteiger partial charge on any atom is 0.305 e. The van der Waals surface area contributed by atoms with E-state index in [1.54, 1.807) is 12.3 Å². The maximum atomic E-state index is 14.0. The minimum atomic E-state index is -0.277. The summed E-state index contributed by atoms with van der Waals surface area (Å²) in [6.45, 7) is 4.65. The summed E-state index contributed by atoms with van der Waals surface area (Å²) in [5.41, 5.74) is 4.75. The van der Waals surface area contributed by atoms with Crippen molar-refractivity contribution in [3.63, 3.8) is 0 Å². The minimum Gasteiger partial charge on any atom is -0.469 e. The van der Waals surface area contributed by atoms with Crippen molar-refractivity contribution in [2.24, 2.45) is 0 Å². The highest BCUT2D eigenvalue weighted by molar-refractivity contribution is 7.80. The van der Waals surface area contributed by atoms with Crippen LogP contribution >= 0.6 is 12.2 Å². The monoisotopic (exact) mass is 466 g/mol. The van der Waals surface area contributed by atoms with Gasteiger partial charge < -0.3 is 19.5 Å². The molecule has 8 heteroatoms. The number of nitrogens with one attached hydrogen (secondary N) is 1. The van der Waals surface area contributed by atoms with E-state index in [-0.39, 0.29) is 23.9 Å². The summed E-state index contributed by atoms with van der Waals surface area (Å²) in [7, 11) is 1.39. The molecule has 2 aromatic heterocycles. The molecule has 2 atom stereocenters. The molecular formula is C25H27FN4O2S. The number of carbonyl (C=O) groups is 1. The van der Waals surface area contributed by atoms with Crippen molar-refractivity contribution >= 4 is 23.3 Å². The molecule has 3 heterocycles. The number of esters is 1. The van der Waals surface area contributed by atoms with Gasteiger partial charge in [0.15, 0.2) is 5.11 Å². The Hall–Kier alpha value is -3.26. The fourth-order valence-corrected chi connectivity index (χ4v) is 4.91. The van der Waals surface area contributed by atoms with E-state index in [1.165, 1.54) is 19.2 Å².